The molecule has 0 saturated heterocycles. The first kappa shape index (κ1) is 20.1. The van der Waals surface area contributed by atoms with E-state index in [1.165, 1.54) is 29.1 Å². The van der Waals surface area contributed by atoms with Gasteiger partial charge in [-0.2, -0.15) is 0 Å². The maximum Gasteiger partial charge on any atom is 0.321 e. The van der Waals surface area contributed by atoms with Gasteiger partial charge in [-0.3, -0.25) is 24.7 Å². The van der Waals surface area contributed by atoms with E-state index in [0.29, 0.717) is 35.9 Å². The molecule has 0 unspecified atom stereocenters. The van der Waals surface area contributed by atoms with E-state index in [2.05, 4.69) is 20.5 Å². The summed E-state index contributed by atoms with van der Waals surface area (Å²) in [7, 11) is 0. The van der Waals surface area contributed by atoms with Crippen molar-refractivity contribution in [3.05, 3.63) is 46.0 Å². The molecule has 2 aromatic rings. The Bertz CT molecular complexity index is 995. The van der Waals surface area contributed by atoms with E-state index in [4.69, 9.17) is 0 Å². The zero-order valence-electron chi connectivity index (χ0n) is 17.2. The predicted molar refractivity (Wildman–Crippen MR) is 117 cm³/mol. The summed E-state index contributed by atoms with van der Waals surface area (Å²) in [6.45, 7) is 2.51. The first-order chi connectivity index (χ1) is 15.1. The first-order valence-electron chi connectivity index (χ1n) is 10.8. The number of nitrogens with one attached hydrogen (secondary N) is 2. The largest absolute Gasteiger partial charge is 0.335 e. The van der Waals surface area contributed by atoms with Crippen LogP contribution in [0.15, 0.2) is 24.3 Å². The standard InChI is InChI=1S/C22H25N5O3S/c28-19-15-7-3-4-8-16(15)20(29)27(19)12-11-26-10-9-17-18(13-26)31-22(24-17)25-21(30)23-14-5-1-2-6-14/h3-4,7-8,14H,1-2,5-6,9-13H2,(H2,23,24,25,30). The summed E-state index contributed by atoms with van der Waals surface area (Å²) in [6, 6.07) is 7.06. The number of benzene rings is 1. The number of aromatic nitrogens is 1. The van der Waals surface area contributed by atoms with Gasteiger partial charge in [-0.1, -0.05) is 25.0 Å². The van der Waals surface area contributed by atoms with Crippen molar-refractivity contribution in [2.75, 3.05) is 25.0 Å². The Balaban J connectivity index is 1.16. The minimum atomic E-state index is -0.212. The number of hydrogen-bond acceptors (Lipinski definition) is 6. The Labute approximate surface area is 184 Å². The lowest BCUT2D eigenvalue weighted by atomic mass is 10.1. The second-order valence-electron chi connectivity index (χ2n) is 8.30. The molecule has 1 aromatic heterocycles. The molecule has 3 aliphatic rings. The number of carbonyl (C=O) groups excluding carboxylic acids is 3. The van der Waals surface area contributed by atoms with Gasteiger partial charge in [-0.05, 0) is 25.0 Å². The average molecular weight is 440 g/mol. The monoisotopic (exact) mass is 439 g/mol. The highest BCUT2D eigenvalue weighted by atomic mass is 32.1. The third-order valence-electron chi connectivity index (χ3n) is 6.24. The van der Waals surface area contributed by atoms with E-state index in [-0.39, 0.29) is 23.9 Å². The molecule has 162 valence electrons. The Morgan fingerprint density at radius 1 is 1.10 bits per heavy atom. The quantitative estimate of drug-likeness (QED) is 0.699. The lowest BCUT2D eigenvalue weighted by Crippen LogP contribution is -2.40. The number of urea groups is 1. The minimum Gasteiger partial charge on any atom is -0.335 e. The van der Waals surface area contributed by atoms with Crippen LogP contribution in [0.25, 0.3) is 0 Å². The third-order valence-corrected chi connectivity index (χ3v) is 7.24. The van der Waals surface area contributed by atoms with Crippen LogP contribution in [-0.2, 0) is 13.0 Å². The van der Waals surface area contributed by atoms with E-state index in [1.54, 1.807) is 24.3 Å². The van der Waals surface area contributed by atoms with Gasteiger partial charge in [0.25, 0.3) is 11.8 Å². The Hall–Kier alpha value is -2.78. The number of nitrogens with zero attached hydrogens (tertiary/aromatic N) is 3. The molecular weight excluding hydrogens is 414 g/mol. The second kappa shape index (κ2) is 8.39. The summed E-state index contributed by atoms with van der Waals surface area (Å²) in [4.78, 5) is 46.6. The molecule has 1 aromatic carbocycles. The van der Waals surface area contributed by atoms with E-state index in [9.17, 15) is 14.4 Å². The summed E-state index contributed by atoms with van der Waals surface area (Å²) < 4.78 is 0. The van der Waals surface area contributed by atoms with Crippen molar-refractivity contribution < 1.29 is 14.4 Å². The number of anilines is 1. The second-order valence-corrected chi connectivity index (χ2v) is 9.39. The number of fused-ring (bicyclic) bond motifs is 2. The fraction of sp³-hybridized carbons (Fsp3) is 0.455. The molecule has 3 heterocycles. The fourth-order valence-corrected chi connectivity index (χ4v) is 5.61. The van der Waals surface area contributed by atoms with Gasteiger partial charge >= 0.3 is 6.03 Å². The molecule has 1 fully saturated rings. The summed E-state index contributed by atoms with van der Waals surface area (Å²) in [6.07, 6.45) is 5.23. The third kappa shape index (κ3) is 4.07. The van der Waals surface area contributed by atoms with Crippen molar-refractivity contribution in [1.82, 2.24) is 20.1 Å². The van der Waals surface area contributed by atoms with Gasteiger partial charge in [0.2, 0.25) is 0 Å². The Morgan fingerprint density at radius 3 is 2.52 bits per heavy atom. The van der Waals surface area contributed by atoms with Crippen LogP contribution in [-0.4, -0.2) is 58.3 Å². The molecule has 0 atom stereocenters. The van der Waals surface area contributed by atoms with Crippen LogP contribution in [0.1, 0.15) is 57.0 Å². The van der Waals surface area contributed by atoms with Gasteiger partial charge in [0.05, 0.1) is 16.8 Å². The number of hydrogen-bond donors (Lipinski definition) is 2. The lowest BCUT2D eigenvalue weighted by Gasteiger charge is -2.27. The Kier molecular flexibility index (Phi) is 5.45. The van der Waals surface area contributed by atoms with Crippen molar-refractivity contribution in [1.29, 1.82) is 0 Å². The number of amides is 4. The maximum absolute atomic E-state index is 12.5. The van der Waals surface area contributed by atoms with Crippen molar-refractivity contribution in [3.63, 3.8) is 0 Å². The van der Waals surface area contributed by atoms with Gasteiger partial charge in [0.1, 0.15) is 0 Å². The maximum atomic E-state index is 12.5. The highest BCUT2D eigenvalue weighted by Gasteiger charge is 2.35. The topological polar surface area (TPSA) is 94.6 Å². The zero-order valence-corrected chi connectivity index (χ0v) is 18.0. The van der Waals surface area contributed by atoms with Gasteiger partial charge in [0.15, 0.2) is 5.13 Å². The Morgan fingerprint density at radius 2 is 1.81 bits per heavy atom. The molecule has 5 rings (SSSR count). The lowest BCUT2D eigenvalue weighted by molar-refractivity contribution is 0.0633. The molecule has 9 heteroatoms. The van der Waals surface area contributed by atoms with Gasteiger partial charge in [-0.25, -0.2) is 9.78 Å². The molecule has 4 amide bonds. The van der Waals surface area contributed by atoms with Crippen LogP contribution in [0.3, 0.4) is 0 Å². The fourth-order valence-electron chi connectivity index (χ4n) is 4.57. The summed E-state index contributed by atoms with van der Waals surface area (Å²) in [5.41, 5.74) is 2.00. The average Bonchev–Trinajstić information content (AvgIpc) is 3.46. The molecule has 2 N–H and O–H groups in total. The normalized spacial score (nSPS) is 18.9. The van der Waals surface area contributed by atoms with Crippen LogP contribution in [0.2, 0.25) is 0 Å². The summed E-state index contributed by atoms with van der Waals surface area (Å²) in [5.74, 6) is -0.424. The van der Waals surface area contributed by atoms with Crippen molar-refractivity contribution >= 4 is 34.3 Å². The van der Waals surface area contributed by atoms with Crippen molar-refractivity contribution in [2.24, 2.45) is 0 Å². The summed E-state index contributed by atoms with van der Waals surface area (Å²) in [5, 5.41) is 6.53. The van der Waals surface area contributed by atoms with E-state index in [1.807, 2.05) is 0 Å². The number of thiazole rings is 1. The van der Waals surface area contributed by atoms with Crippen molar-refractivity contribution in [3.8, 4) is 0 Å². The SMILES string of the molecule is O=C(Nc1nc2c(s1)CN(CCN1C(=O)c3ccccc3C1=O)CC2)NC1CCCC1. The first-order valence-corrected chi connectivity index (χ1v) is 11.6. The number of carbonyl (C=O) groups is 3. The predicted octanol–water partition coefficient (Wildman–Crippen LogP) is 2.86. The van der Waals surface area contributed by atoms with Gasteiger partial charge in [0, 0.05) is 43.5 Å². The van der Waals surface area contributed by atoms with E-state index >= 15 is 0 Å². The van der Waals surface area contributed by atoms with Crippen LogP contribution in [0.5, 0.6) is 0 Å². The van der Waals surface area contributed by atoms with E-state index in [0.717, 1.165) is 36.4 Å². The molecule has 0 spiro atoms. The van der Waals surface area contributed by atoms with E-state index < -0.39 is 0 Å². The van der Waals surface area contributed by atoms with Crippen LogP contribution < -0.4 is 10.6 Å². The highest BCUT2D eigenvalue weighted by molar-refractivity contribution is 7.15. The molecular formula is C22H25N5O3S. The van der Waals surface area contributed by atoms with Gasteiger partial charge < -0.3 is 5.32 Å². The molecule has 1 aliphatic carbocycles. The van der Waals surface area contributed by atoms with Crippen LogP contribution in [0, 0.1) is 0 Å². The number of rotatable bonds is 5. The molecule has 2 aliphatic heterocycles. The highest BCUT2D eigenvalue weighted by Crippen LogP contribution is 2.29. The van der Waals surface area contributed by atoms with Crippen LogP contribution >= 0.6 is 11.3 Å². The minimum absolute atomic E-state index is 0.180. The zero-order chi connectivity index (χ0) is 21.4. The number of imide groups is 1. The van der Waals surface area contributed by atoms with Gasteiger partial charge in [-0.15, -0.1) is 11.3 Å². The smallest absolute Gasteiger partial charge is 0.321 e. The molecule has 31 heavy (non-hydrogen) atoms. The molecule has 1 saturated carbocycles. The molecule has 0 radical (unpaired) electrons. The summed E-state index contributed by atoms with van der Waals surface area (Å²) >= 11 is 1.50. The molecule has 0 bridgehead atoms. The van der Waals surface area contributed by atoms with Crippen molar-refractivity contribution in [2.45, 2.75) is 44.7 Å². The molecule has 8 nitrogen and oxygen atoms in total. The van der Waals surface area contributed by atoms with Crippen LogP contribution in [0.4, 0.5) is 9.93 Å².